The molecule has 4 N–H and O–H groups in total. The first-order chi connectivity index (χ1) is 5.21. The molecular formula is C6H9N3OS. The summed E-state index contributed by atoms with van der Waals surface area (Å²) in [6.07, 6.45) is 1.64. The largest absolute Gasteiger partial charge is 0.382 e. The van der Waals surface area contributed by atoms with Gasteiger partial charge in [0.15, 0.2) is 5.13 Å². The highest BCUT2D eigenvalue weighted by molar-refractivity contribution is 7.15. The van der Waals surface area contributed by atoms with Crippen LogP contribution in [0.2, 0.25) is 0 Å². The van der Waals surface area contributed by atoms with E-state index < -0.39 is 5.60 Å². The fraction of sp³-hybridized carbons (Fsp3) is 0.500. The molecule has 0 amide bonds. The molecule has 0 spiro atoms. The first kappa shape index (κ1) is 7.02. The molecule has 4 nitrogen and oxygen atoms in total. The molecule has 1 aromatic rings. The van der Waals surface area contributed by atoms with Crippen molar-refractivity contribution in [2.45, 2.75) is 5.60 Å². The van der Waals surface area contributed by atoms with Gasteiger partial charge in [-0.1, -0.05) is 11.3 Å². The molecule has 0 unspecified atom stereocenters. The number of nitrogens with two attached hydrogens (primary N) is 1. The minimum Gasteiger partial charge on any atom is -0.382 e. The number of β-amino-alcohol motifs (C(OH)–C–C–N with tert-alkyl or cyclic N) is 1. The molecule has 1 aliphatic heterocycles. The van der Waals surface area contributed by atoms with E-state index in [0.29, 0.717) is 18.2 Å². The van der Waals surface area contributed by atoms with E-state index in [0.717, 1.165) is 4.88 Å². The number of rotatable bonds is 1. The highest BCUT2D eigenvalue weighted by Crippen LogP contribution is 2.30. The third-order valence-corrected chi connectivity index (χ3v) is 2.84. The van der Waals surface area contributed by atoms with E-state index in [4.69, 9.17) is 5.73 Å². The first-order valence-corrected chi connectivity index (χ1v) is 4.17. The zero-order valence-electron chi connectivity index (χ0n) is 5.87. The molecule has 1 saturated heterocycles. The second-order valence-corrected chi connectivity index (χ2v) is 3.76. The smallest absolute Gasteiger partial charge is 0.180 e. The van der Waals surface area contributed by atoms with Gasteiger partial charge in [-0.05, 0) is 0 Å². The lowest BCUT2D eigenvalue weighted by atomic mass is 9.96. The van der Waals surface area contributed by atoms with Crippen molar-refractivity contribution in [3.8, 4) is 0 Å². The average Bonchev–Trinajstić information content (AvgIpc) is 2.31. The van der Waals surface area contributed by atoms with Gasteiger partial charge in [0, 0.05) is 19.3 Å². The maximum Gasteiger partial charge on any atom is 0.180 e. The third-order valence-electron chi connectivity index (χ3n) is 1.82. The maximum absolute atomic E-state index is 9.75. The summed E-state index contributed by atoms with van der Waals surface area (Å²) in [6, 6.07) is 0. The van der Waals surface area contributed by atoms with E-state index >= 15 is 0 Å². The number of nitrogen functional groups attached to an aromatic ring is 1. The van der Waals surface area contributed by atoms with Gasteiger partial charge in [-0.15, -0.1) is 0 Å². The molecule has 2 rings (SSSR count). The van der Waals surface area contributed by atoms with Crippen LogP contribution in [0.4, 0.5) is 5.13 Å². The summed E-state index contributed by atoms with van der Waals surface area (Å²) < 4.78 is 0. The molecule has 0 bridgehead atoms. The Morgan fingerprint density at radius 1 is 1.73 bits per heavy atom. The van der Waals surface area contributed by atoms with Gasteiger partial charge in [0.1, 0.15) is 5.60 Å². The van der Waals surface area contributed by atoms with E-state index in [1.54, 1.807) is 6.20 Å². The van der Waals surface area contributed by atoms with Crippen molar-refractivity contribution in [3.05, 3.63) is 11.1 Å². The summed E-state index contributed by atoms with van der Waals surface area (Å²) in [7, 11) is 0. The van der Waals surface area contributed by atoms with Crippen molar-refractivity contribution in [2.75, 3.05) is 18.8 Å². The van der Waals surface area contributed by atoms with Crippen LogP contribution in [0.1, 0.15) is 4.88 Å². The second kappa shape index (κ2) is 2.17. The number of aliphatic hydroxyl groups is 1. The molecule has 11 heavy (non-hydrogen) atoms. The molecular weight excluding hydrogens is 162 g/mol. The Labute approximate surface area is 68.1 Å². The Hall–Kier alpha value is -0.650. The predicted octanol–water partition coefficient (Wildman–Crippen LogP) is -0.484. The Kier molecular flexibility index (Phi) is 1.38. The van der Waals surface area contributed by atoms with E-state index in [1.165, 1.54) is 11.3 Å². The minimum absolute atomic E-state index is 0.514. The van der Waals surface area contributed by atoms with Crippen LogP contribution in [-0.2, 0) is 5.60 Å². The monoisotopic (exact) mass is 171 g/mol. The van der Waals surface area contributed by atoms with Crippen molar-refractivity contribution in [3.63, 3.8) is 0 Å². The van der Waals surface area contributed by atoms with Gasteiger partial charge < -0.3 is 16.2 Å². The quantitative estimate of drug-likeness (QED) is 0.533. The van der Waals surface area contributed by atoms with Crippen LogP contribution >= 0.6 is 11.3 Å². The molecule has 60 valence electrons. The number of hydrogen-bond donors (Lipinski definition) is 3. The van der Waals surface area contributed by atoms with Crippen LogP contribution in [0, 0.1) is 0 Å². The number of nitrogens with one attached hydrogen (secondary N) is 1. The highest BCUT2D eigenvalue weighted by atomic mass is 32.1. The molecule has 5 heteroatoms. The van der Waals surface area contributed by atoms with Crippen molar-refractivity contribution in [1.29, 1.82) is 0 Å². The summed E-state index contributed by atoms with van der Waals surface area (Å²) in [4.78, 5) is 4.73. The Morgan fingerprint density at radius 2 is 2.45 bits per heavy atom. The van der Waals surface area contributed by atoms with Crippen LogP contribution in [0.15, 0.2) is 6.20 Å². The van der Waals surface area contributed by atoms with E-state index in [-0.39, 0.29) is 0 Å². The summed E-state index contributed by atoms with van der Waals surface area (Å²) in [5, 5.41) is 13.3. The van der Waals surface area contributed by atoms with Crippen LogP contribution in [0.5, 0.6) is 0 Å². The average molecular weight is 171 g/mol. The molecule has 2 heterocycles. The van der Waals surface area contributed by atoms with Gasteiger partial charge >= 0.3 is 0 Å². The van der Waals surface area contributed by atoms with E-state index in [1.807, 2.05) is 0 Å². The topological polar surface area (TPSA) is 71.2 Å². The SMILES string of the molecule is Nc1ncc(C2(O)CNC2)s1. The lowest BCUT2D eigenvalue weighted by molar-refractivity contribution is -0.0114. The number of thiazole rings is 1. The molecule has 1 fully saturated rings. The molecule has 1 aliphatic rings. The molecule has 0 atom stereocenters. The summed E-state index contributed by atoms with van der Waals surface area (Å²) in [5.74, 6) is 0. The zero-order chi connectivity index (χ0) is 7.90. The first-order valence-electron chi connectivity index (χ1n) is 3.36. The number of aromatic nitrogens is 1. The van der Waals surface area contributed by atoms with Gasteiger partial charge in [-0.2, -0.15) is 0 Å². The lowest BCUT2D eigenvalue weighted by Gasteiger charge is -2.36. The fourth-order valence-corrected chi connectivity index (χ4v) is 1.81. The van der Waals surface area contributed by atoms with Gasteiger partial charge in [0.25, 0.3) is 0 Å². The number of anilines is 1. The Morgan fingerprint density at radius 3 is 2.82 bits per heavy atom. The van der Waals surface area contributed by atoms with E-state index in [2.05, 4.69) is 10.3 Å². The lowest BCUT2D eigenvalue weighted by Crippen LogP contribution is -2.56. The van der Waals surface area contributed by atoms with Gasteiger partial charge in [0.2, 0.25) is 0 Å². The molecule has 0 aliphatic carbocycles. The molecule has 1 aromatic heterocycles. The van der Waals surface area contributed by atoms with Gasteiger partial charge in [0.05, 0.1) is 4.88 Å². The van der Waals surface area contributed by atoms with Crippen LogP contribution in [0.3, 0.4) is 0 Å². The second-order valence-electron chi connectivity index (χ2n) is 2.70. The van der Waals surface area contributed by atoms with Crippen molar-refractivity contribution >= 4 is 16.5 Å². The van der Waals surface area contributed by atoms with Gasteiger partial charge in [-0.25, -0.2) is 4.98 Å². The minimum atomic E-state index is -0.699. The van der Waals surface area contributed by atoms with Crippen molar-refractivity contribution < 1.29 is 5.11 Å². The van der Waals surface area contributed by atoms with Crippen LogP contribution in [-0.4, -0.2) is 23.2 Å². The summed E-state index contributed by atoms with van der Waals surface area (Å²) in [6.45, 7) is 1.21. The third kappa shape index (κ3) is 1.01. The Balaban J connectivity index is 2.28. The molecule has 0 aromatic carbocycles. The predicted molar refractivity (Wildman–Crippen MR) is 43.3 cm³/mol. The molecule has 0 radical (unpaired) electrons. The highest BCUT2D eigenvalue weighted by Gasteiger charge is 2.37. The normalized spacial score (nSPS) is 21.2. The van der Waals surface area contributed by atoms with E-state index in [9.17, 15) is 5.11 Å². The van der Waals surface area contributed by atoms with Crippen molar-refractivity contribution in [1.82, 2.24) is 10.3 Å². The van der Waals surface area contributed by atoms with Gasteiger partial charge in [-0.3, -0.25) is 0 Å². The summed E-state index contributed by atoms with van der Waals surface area (Å²) >= 11 is 1.35. The van der Waals surface area contributed by atoms with Crippen molar-refractivity contribution in [2.24, 2.45) is 0 Å². The Bertz CT molecular complexity index is 269. The standard InChI is InChI=1S/C6H9N3OS/c7-5-9-1-4(11-5)6(10)2-8-3-6/h1,8,10H,2-3H2,(H2,7,9). The maximum atomic E-state index is 9.75. The zero-order valence-corrected chi connectivity index (χ0v) is 6.69. The van der Waals surface area contributed by atoms with Crippen LogP contribution in [0.25, 0.3) is 0 Å². The molecule has 0 saturated carbocycles. The number of nitrogens with zero attached hydrogens (tertiary/aromatic N) is 1. The van der Waals surface area contributed by atoms with Crippen LogP contribution < -0.4 is 11.1 Å². The fourth-order valence-electron chi connectivity index (χ4n) is 1.04. The summed E-state index contributed by atoms with van der Waals surface area (Å²) in [5.41, 5.74) is 4.73. The number of hydrogen-bond acceptors (Lipinski definition) is 5.